The van der Waals surface area contributed by atoms with E-state index in [9.17, 15) is 0 Å². The van der Waals surface area contributed by atoms with E-state index >= 15 is 0 Å². The van der Waals surface area contributed by atoms with Gasteiger partial charge < -0.3 is 19.9 Å². The van der Waals surface area contributed by atoms with Gasteiger partial charge in [0, 0.05) is 23.1 Å². The second-order valence-corrected chi connectivity index (χ2v) is 4.35. The van der Waals surface area contributed by atoms with E-state index in [1.54, 1.807) is 7.11 Å². The molecule has 4 nitrogen and oxygen atoms in total. The van der Waals surface area contributed by atoms with E-state index in [0.29, 0.717) is 25.4 Å². The molecule has 17 heavy (non-hydrogen) atoms. The topological polar surface area (TPSA) is 50.7 Å². The van der Waals surface area contributed by atoms with Crippen molar-refractivity contribution in [3.05, 3.63) is 22.2 Å². The SMILES string of the molecule is CCOc1c(CNCCO)cc(Br)cc1OC. The van der Waals surface area contributed by atoms with Crippen molar-refractivity contribution in [3.8, 4) is 11.5 Å². The first-order valence-corrected chi connectivity index (χ1v) is 6.33. The third kappa shape index (κ3) is 4.18. The van der Waals surface area contributed by atoms with Crippen LogP contribution in [0.25, 0.3) is 0 Å². The zero-order chi connectivity index (χ0) is 12.7. The molecule has 5 heteroatoms. The van der Waals surface area contributed by atoms with Crippen LogP contribution in [-0.4, -0.2) is 32.0 Å². The number of methoxy groups -OCH3 is 1. The lowest BCUT2D eigenvalue weighted by Crippen LogP contribution is -2.18. The highest BCUT2D eigenvalue weighted by Gasteiger charge is 2.11. The molecule has 0 aliphatic heterocycles. The van der Waals surface area contributed by atoms with Crippen LogP contribution in [0.15, 0.2) is 16.6 Å². The van der Waals surface area contributed by atoms with Gasteiger partial charge in [-0.1, -0.05) is 15.9 Å². The average molecular weight is 304 g/mol. The number of ether oxygens (including phenoxy) is 2. The predicted octanol–water partition coefficient (Wildman–Crippen LogP) is 1.94. The summed E-state index contributed by atoms with van der Waals surface area (Å²) in [7, 11) is 1.62. The number of benzene rings is 1. The van der Waals surface area contributed by atoms with E-state index in [2.05, 4.69) is 21.2 Å². The zero-order valence-corrected chi connectivity index (χ0v) is 11.7. The molecule has 2 N–H and O–H groups in total. The largest absolute Gasteiger partial charge is 0.493 e. The molecule has 1 rings (SSSR count). The Labute approximate surface area is 110 Å². The van der Waals surface area contributed by atoms with Crippen molar-refractivity contribution in [1.29, 1.82) is 0 Å². The fraction of sp³-hybridized carbons (Fsp3) is 0.500. The van der Waals surface area contributed by atoms with Crippen LogP contribution in [-0.2, 0) is 6.54 Å². The summed E-state index contributed by atoms with van der Waals surface area (Å²) in [5, 5.41) is 11.9. The Morgan fingerprint density at radius 1 is 1.41 bits per heavy atom. The lowest BCUT2D eigenvalue weighted by molar-refractivity contribution is 0.288. The highest BCUT2D eigenvalue weighted by atomic mass is 79.9. The van der Waals surface area contributed by atoms with Gasteiger partial charge in [-0.2, -0.15) is 0 Å². The van der Waals surface area contributed by atoms with Crippen molar-refractivity contribution in [2.24, 2.45) is 0 Å². The Bertz CT molecular complexity index is 358. The number of aliphatic hydroxyl groups is 1. The van der Waals surface area contributed by atoms with Gasteiger partial charge in [0.05, 0.1) is 20.3 Å². The fourth-order valence-corrected chi connectivity index (χ4v) is 2.00. The van der Waals surface area contributed by atoms with E-state index in [-0.39, 0.29) is 6.61 Å². The molecule has 0 radical (unpaired) electrons. The molecule has 0 aliphatic rings. The summed E-state index contributed by atoms with van der Waals surface area (Å²) in [5.41, 5.74) is 1.01. The highest BCUT2D eigenvalue weighted by Crippen LogP contribution is 2.34. The molecular weight excluding hydrogens is 286 g/mol. The number of hydrogen-bond acceptors (Lipinski definition) is 4. The van der Waals surface area contributed by atoms with Crippen molar-refractivity contribution in [3.63, 3.8) is 0 Å². The summed E-state index contributed by atoms with van der Waals surface area (Å²) >= 11 is 3.44. The molecule has 0 amide bonds. The van der Waals surface area contributed by atoms with Crippen LogP contribution in [0.3, 0.4) is 0 Å². The molecule has 0 bridgehead atoms. The Kier molecular flexibility index (Phi) is 6.32. The monoisotopic (exact) mass is 303 g/mol. The van der Waals surface area contributed by atoms with Crippen LogP contribution in [0.5, 0.6) is 11.5 Å². The van der Waals surface area contributed by atoms with E-state index in [4.69, 9.17) is 14.6 Å². The standard InChI is InChI=1S/C12H18BrNO3/c1-3-17-12-9(8-14-4-5-15)6-10(13)7-11(12)16-2/h6-7,14-15H,3-5,8H2,1-2H3. The van der Waals surface area contributed by atoms with Gasteiger partial charge in [0.1, 0.15) is 0 Å². The van der Waals surface area contributed by atoms with Gasteiger partial charge in [0.2, 0.25) is 0 Å². The minimum atomic E-state index is 0.120. The maximum absolute atomic E-state index is 8.74. The van der Waals surface area contributed by atoms with Crippen molar-refractivity contribution < 1.29 is 14.6 Å². The second-order valence-electron chi connectivity index (χ2n) is 3.43. The molecular formula is C12H18BrNO3. The van der Waals surface area contributed by atoms with Crippen LogP contribution in [0.2, 0.25) is 0 Å². The predicted molar refractivity (Wildman–Crippen MR) is 70.7 cm³/mol. The minimum absolute atomic E-state index is 0.120. The molecule has 0 aromatic heterocycles. The average Bonchev–Trinajstić information content (AvgIpc) is 2.32. The first-order valence-electron chi connectivity index (χ1n) is 5.53. The number of nitrogens with one attached hydrogen (secondary N) is 1. The fourth-order valence-electron chi connectivity index (χ4n) is 1.52. The van der Waals surface area contributed by atoms with E-state index in [1.165, 1.54) is 0 Å². The third-order valence-electron chi connectivity index (χ3n) is 2.21. The van der Waals surface area contributed by atoms with Crippen LogP contribution in [0.4, 0.5) is 0 Å². The smallest absolute Gasteiger partial charge is 0.165 e. The summed E-state index contributed by atoms with van der Waals surface area (Å²) in [5.74, 6) is 1.46. The maximum Gasteiger partial charge on any atom is 0.165 e. The van der Waals surface area contributed by atoms with E-state index < -0.39 is 0 Å². The molecule has 1 aromatic rings. The molecule has 0 saturated carbocycles. The molecule has 0 fully saturated rings. The molecule has 0 aliphatic carbocycles. The summed E-state index contributed by atoms with van der Waals surface area (Å²) in [6.07, 6.45) is 0. The van der Waals surface area contributed by atoms with Gasteiger partial charge in [-0.05, 0) is 19.1 Å². The minimum Gasteiger partial charge on any atom is -0.493 e. The van der Waals surface area contributed by atoms with Gasteiger partial charge >= 0.3 is 0 Å². The molecule has 0 spiro atoms. The first-order chi connectivity index (χ1) is 8.22. The van der Waals surface area contributed by atoms with E-state index in [1.807, 2.05) is 19.1 Å². The summed E-state index contributed by atoms with van der Waals surface area (Å²) in [4.78, 5) is 0. The van der Waals surface area contributed by atoms with Gasteiger partial charge in [-0.15, -0.1) is 0 Å². The van der Waals surface area contributed by atoms with E-state index in [0.717, 1.165) is 15.8 Å². The van der Waals surface area contributed by atoms with Crippen molar-refractivity contribution >= 4 is 15.9 Å². The van der Waals surface area contributed by atoms with Crippen LogP contribution >= 0.6 is 15.9 Å². The molecule has 0 atom stereocenters. The lowest BCUT2D eigenvalue weighted by Gasteiger charge is -2.15. The molecule has 96 valence electrons. The Hall–Kier alpha value is -0.780. The zero-order valence-electron chi connectivity index (χ0n) is 10.1. The second kappa shape index (κ2) is 7.53. The molecule has 0 unspecified atom stereocenters. The number of halogens is 1. The normalized spacial score (nSPS) is 10.4. The number of hydrogen-bond donors (Lipinski definition) is 2. The van der Waals surface area contributed by atoms with Crippen molar-refractivity contribution in [1.82, 2.24) is 5.32 Å². The molecule has 0 saturated heterocycles. The van der Waals surface area contributed by atoms with Gasteiger partial charge in [0.15, 0.2) is 11.5 Å². The number of rotatable bonds is 7. The van der Waals surface area contributed by atoms with Crippen LogP contribution < -0.4 is 14.8 Å². The Morgan fingerprint density at radius 3 is 2.76 bits per heavy atom. The first kappa shape index (κ1) is 14.3. The highest BCUT2D eigenvalue weighted by molar-refractivity contribution is 9.10. The van der Waals surface area contributed by atoms with Gasteiger partial charge in [-0.25, -0.2) is 0 Å². The van der Waals surface area contributed by atoms with Crippen molar-refractivity contribution in [2.45, 2.75) is 13.5 Å². The summed E-state index contributed by atoms with van der Waals surface area (Å²) in [6.45, 7) is 3.83. The Balaban J connectivity index is 2.93. The van der Waals surface area contributed by atoms with Crippen LogP contribution in [0.1, 0.15) is 12.5 Å². The number of aliphatic hydroxyl groups excluding tert-OH is 1. The summed E-state index contributed by atoms with van der Waals surface area (Å²) in [6, 6.07) is 3.86. The van der Waals surface area contributed by atoms with Gasteiger partial charge in [0.25, 0.3) is 0 Å². The molecule has 0 heterocycles. The molecule has 1 aromatic carbocycles. The quantitative estimate of drug-likeness (QED) is 0.756. The maximum atomic E-state index is 8.74. The summed E-state index contributed by atoms with van der Waals surface area (Å²) < 4.78 is 11.8. The van der Waals surface area contributed by atoms with Crippen molar-refractivity contribution in [2.75, 3.05) is 26.9 Å². The third-order valence-corrected chi connectivity index (χ3v) is 2.67. The lowest BCUT2D eigenvalue weighted by atomic mass is 10.2. The van der Waals surface area contributed by atoms with Crippen LogP contribution in [0, 0.1) is 0 Å². The van der Waals surface area contributed by atoms with Gasteiger partial charge in [-0.3, -0.25) is 0 Å². The Morgan fingerprint density at radius 2 is 2.18 bits per heavy atom.